The van der Waals surface area contributed by atoms with Gasteiger partial charge >= 0.3 is 0 Å². The lowest BCUT2D eigenvalue weighted by molar-refractivity contribution is -0.117. The van der Waals surface area contributed by atoms with E-state index in [-0.39, 0.29) is 24.8 Å². The van der Waals surface area contributed by atoms with Crippen LogP contribution in [0.2, 0.25) is 0 Å². The van der Waals surface area contributed by atoms with Crippen LogP contribution < -0.4 is 10.1 Å². The summed E-state index contributed by atoms with van der Waals surface area (Å²) < 4.78 is 23.6. The summed E-state index contributed by atoms with van der Waals surface area (Å²) in [5.74, 6) is -0.0934. The number of para-hydroxylation sites is 1. The van der Waals surface area contributed by atoms with Crippen LogP contribution in [-0.2, 0) is 4.79 Å². The second kappa shape index (κ2) is 7.56. The second-order valence-corrected chi connectivity index (χ2v) is 4.90. The van der Waals surface area contributed by atoms with E-state index in [1.54, 1.807) is 43.1 Å². The van der Waals surface area contributed by atoms with Crippen molar-refractivity contribution in [2.75, 3.05) is 32.1 Å². The number of carbonyl (C=O) groups is 1. The fourth-order valence-corrected chi connectivity index (χ4v) is 1.80. The molecule has 1 aromatic heterocycles. The molecule has 1 aromatic carbocycles. The maximum Gasteiger partial charge on any atom is 0.240 e. The predicted molar refractivity (Wildman–Crippen MR) is 79.3 cm³/mol. The highest BCUT2D eigenvalue weighted by molar-refractivity contribution is 5.90. The topological polar surface area (TPSA) is 67.6 Å². The van der Waals surface area contributed by atoms with Crippen LogP contribution in [0, 0.1) is 12.7 Å². The molecule has 1 amide bonds. The number of ether oxygens (including phenoxy) is 1. The Hall–Kier alpha value is -2.41. The molecule has 0 aliphatic heterocycles. The van der Waals surface area contributed by atoms with Crippen LogP contribution in [-0.4, -0.2) is 42.7 Å². The van der Waals surface area contributed by atoms with Gasteiger partial charge in [0.25, 0.3) is 0 Å². The average Bonchev–Trinajstić information content (AvgIpc) is 2.86. The molecule has 2 rings (SSSR count). The zero-order valence-corrected chi connectivity index (χ0v) is 12.5. The average molecular weight is 307 g/mol. The van der Waals surface area contributed by atoms with Crippen LogP contribution in [0.25, 0.3) is 0 Å². The van der Waals surface area contributed by atoms with E-state index >= 15 is 0 Å². The number of nitrogens with zero attached hydrogens (tertiary/aromatic N) is 2. The normalized spacial score (nSPS) is 10.7. The summed E-state index contributed by atoms with van der Waals surface area (Å²) in [7, 11) is 1.77. The molecule has 2 aromatic rings. The van der Waals surface area contributed by atoms with Crippen molar-refractivity contribution in [2.24, 2.45) is 0 Å². The number of likely N-dealkylation sites (N-methyl/N-ethyl adjacent to an activating group) is 1. The van der Waals surface area contributed by atoms with E-state index in [9.17, 15) is 9.18 Å². The maximum absolute atomic E-state index is 13.3. The first-order chi connectivity index (χ1) is 10.5. The molecular weight excluding hydrogens is 289 g/mol. The molecule has 0 saturated carbocycles. The smallest absolute Gasteiger partial charge is 0.240 e. The Morgan fingerprint density at radius 3 is 2.91 bits per heavy atom. The van der Waals surface area contributed by atoms with Crippen molar-refractivity contribution in [3.63, 3.8) is 0 Å². The van der Waals surface area contributed by atoms with E-state index in [0.717, 1.165) is 0 Å². The number of aromatic nitrogens is 1. The second-order valence-electron chi connectivity index (χ2n) is 4.90. The molecule has 1 heterocycles. The highest BCUT2D eigenvalue weighted by Crippen LogP contribution is 2.15. The summed E-state index contributed by atoms with van der Waals surface area (Å²) >= 11 is 0. The Morgan fingerprint density at radius 1 is 1.45 bits per heavy atom. The molecule has 22 heavy (non-hydrogen) atoms. The summed E-state index contributed by atoms with van der Waals surface area (Å²) in [6, 6.07) is 7.85. The number of nitrogens with one attached hydrogen (secondary N) is 1. The van der Waals surface area contributed by atoms with E-state index in [2.05, 4.69) is 10.5 Å². The van der Waals surface area contributed by atoms with Gasteiger partial charge < -0.3 is 9.26 Å². The van der Waals surface area contributed by atoms with Crippen molar-refractivity contribution >= 4 is 11.8 Å². The first kappa shape index (κ1) is 16.0. The van der Waals surface area contributed by atoms with Gasteiger partial charge in [-0.05, 0) is 26.1 Å². The highest BCUT2D eigenvalue weighted by atomic mass is 19.1. The number of aryl methyl sites for hydroxylation is 1. The molecular formula is C15H18FN3O3. The molecule has 0 fully saturated rings. The highest BCUT2D eigenvalue weighted by Gasteiger charge is 2.10. The first-order valence-electron chi connectivity index (χ1n) is 6.83. The van der Waals surface area contributed by atoms with Crippen LogP contribution in [0.5, 0.6) is 5.75 Å². The SMILES string of the molecule is Cc1cc(NC(=O)CN(C)CCOc2ccccc2F)on1. The molecule has 7 heteroatoms. The molecule has 1 N–H and O–H groups in total. The molecule has 118 valence electrons. The minimum Gasteiger partial charge on any atom is -0.489 e. The summed E-state index contributed by atoms with van der Waals surface area (Å²) in [6.45, 7) is 2.70. The Bertz CT molecular complexity index is 630. The van der Waals surface area contributed by atoms with Crippen molar-refractivity contribution in [1.82, 2.24) is 10.1 Å². The third kappa shape index (κ3) is 4.85. The lowest BCUT2D eigenvalue weighted by atomic mass is 10.3. The van der Waals surface area contributed by atoms with Gasteiger partial charge in [0.1, 0.15) is 6.61 Å². The Labute approximate surface area is 127 Å². The van der Waals surface area contributed by atoms with Crippen LogP contribution in [0.15, 0.2) is 34.9 Å². The molecule has 0 bridgehead atoms. The number of anilines is 1. The number of benzene rings is 1. The number of amides is 1. The quantitative estimate of drug-likeness (QED) is 0.848. The predicted octanol–water partition coefficient (Wildman–Crippen LogP) is 2.07. The minimum atomic E-state index is -0.399. The fraction of sp³-hybridized carbons (Fsp3) is 0.333. The van der Waals surface area contributed by atoms with Gasteiger partial charge in [0.15, 0.2) is 11.6 Å². The maximum atomic E-state index is 13.3. The summed E-state index contributed by atoms with van der Waals surface area (Å²) in [5, 5.41) is 6.28. The number of rotatable bonds is 7. The number of halogens is 1. The van der Waals surface area contributed by atoms with Gasteiger partial charge in [-0.2, -0.15) is 0 Å². The first-order valence-corrected chi connectivity index (χ1v) is 6.83. The summed E-state index contributed by atoms with van der Waals surface area (Å²) in [4.78, 5) is 13.5. The van der Waals surface area contributed by atoms with E-state index in [0.29, 0.717) is 18.1 Å². The Kier molecular flexibility index (Phi) is 5.48. The standard InChI is InChI=1S/C15H18FN3O3/c1-11-9-15(22-18-11)17-14(20)10-19(2)7-8-21-13-6-4-3-5-12(13)16/h3-6,9H,7-8,10H2,1-2H3,(H,17,20). The molecule has 0 aliphatic rings. The van der Waals surface area contributed by atoms with Gasteiger partial charge in [-0.3, -0.25) is 15.0 Å². The van der Waals surface area contributed by atoms with E-state index < -0.39 is 5.82 Å². The molecule has 0 atom stereocenters. The molecule has 0 saturated heterocycles. The van der Waals surface area contributed by atoms with Crippen molar-refractivity contribution < 1.29 is 18.4 Å². The minimum absolute atomic E-state index is 0.167. The molecule has 0 unspecified atom stereocenters. The molecule has 0 spiro atoms. The van der Waals surface area contributed by atoms with Gasteiger partial charge in [0, 0.05) is 12.6 Å². The largest absolute Gasteiger partial charge is 0.489 e. The van der Waals surface area contributed by atoms with Crippen LogP contribution in [0.4, 0.5) is 10.3 Å². The van der Waals surface area contributed by atoms with Gasteiger partial charge in [-0.15, -0.1) is 0 Å². The van der Waals surface area contributed by atoms with Crippen molar-refractivity contribution in [1.29, 1.82) is 0 Å². The molecule has 0 aliphatic carbocycles. The fourth-order valence-electron chi connectivity index (χ4n) is 1.80. The number of hydrogen-bond acceptors (Lipinski definition) is 5. The van der Waals surface area contributed by atoms with E-state index in [4.69, 9.17) is 9.26 Å². The Morgan fingerprint density at radius 2 is 2.23 bits per heavy atom. The monoisotopic (exact) mass is 307 g/mol. The number of hydrogen-bond donors (Lipinski definition) is 1. The molecule has 0 radical (unpaired) electrons. The van der Waals surface area contributed by atoms with E-state index in [1.807, 2.05) is 0 Å². The Balaban J connectivity index is 1.70. The van der Waals surface area contributed by atoms with Crippen LogP contribution >= 0.6 is 0 Å². The van der Waals surface area contributed by atoms with Crippen molar-refractivity contribution in [3.8, 4) is 5.75 Å². The zero-order chi connectivity index (χ0) is 15.9. The zero-order valence-electron chi connectivity index (χ0n) is 12.5. The third-order valence-electron chi connectivity index (χ3n) is 2.87. The lowest BCUT2D eigenvalue weighted by Crippen LogP contribution is -2.33. The molecule has 6 nitrogen and oxygen atoms in total. The summed E-state index contributed by atoms with van der Waals surface area (Å²) in [5.41, 5.74) is 0.696. The van der Waals surface area contributed by atoms with Crippen molar-refractivity contribution in [3.05, 3.63) is 41.8 Å². The number of carbonyl (C=O) groups excluding carboxylic acids is 1. The van der Waals surface area contributed by atoms with Gasteiger partial charge in [-0.1, -0.05) is 17.3 Å². The third-order valence-corrected chi connectivity index (χ3v) is 2.87. The van der Waals surface area contributed by atoms with Gasteiger partial charge in [-0.25, -0.2) is 4.39 Å². The van der Waals surface area contributed by atoms with Crippen LogP contribution in [0.1, 0.15) is 5.69 Å². The van der Waals surface area contributed by atoms with Gasteiger partial charge in [0.2, 0.25) is 11.8 Å². The lowest BCUT2D eigenvalue weighted by Gasteiger charge is -2.16. The summed E-state index contributed by atoms with van der Waals surface area (Å²) in [6.07, 6.45) is 0. The van der Waals surface area contributed by atoms with Gasteiger partial charge in [0.05, 0.1) is 12.2 Å². The van der Waals surface area contributed by atoms with Crippen LogP contribution in [0.3, 0.4) is 0 Å². The van der Waals surface area contributed by atoms with E-state index in [1.165, 1.54) is 6.07 Å². The van der Waals surface area contributed by atoms with Crippen molar-refractivity contribution in [2.45, 2.75) is 6.92 Å².